The predicted molar refractivity (Wildman–Crippen MR) is 40.6 cm³/mol. The molecule has 1 atom stereocenters. The highest BCUT2D eigenvalue weighted by Crippen LogP contribution is 2.24. The quantitative estimate of drug-likeness (QED) is 0.665. The minimum absolute atomic E-state index is 0.467. The van der Waals surface area contributed by atoms with Gasteiger partial charge in [0.15, 0.2) is 23.5 Å². The van der Waals surface area contributed by atoms with Gasteiger partial charge in [-0.05, 0) is 17.7 Å². The molecule has 0 aliphatic carbocycles. The molecule has 76 valence electrons. The molecule has 0 radical (unpaired) electrons. The van der Waals surface area contributed by atoms with E-state index in [4.69, 9.17) is 15.3 Å². The molecule has 1 aromatic rings. The summed E-state index contributed by atoms with van der Waals surface area (Å²) in [6.07, 6.45) is -2.01. The molecule has 1 unspecified atom stereocenters. The number of hydrogen-bond donors (Lipinski definition) is 3. The van der Waals surface area contributed by atoms with Crippen LogP contribution in [0.25, 0.3) is 0 Å². The van der Waals surface area contributed by atoms with E-state index in [1.54, 1.807) is 0 Å². The lowest BCUT2D eigenvalue weighted by atomic mass is 10.1. The maximum Gasteiger partial charge on any atom is 0.337 e. The number of aliphatic carboxylic acids is 1. The number of aliphatic hydroxyl groups excluding tert-OH is 1. The average molecular weight is 204 g/mol. The van der Waals surface area contributed by atoms with Gasteiger partial charge in [0, 0.05) is 0 Å². The molecule has 0 aliphatic rings. The van der Waals surface area contributed by atoms with Gasteiger partial charge in [-0.3, -0.25) is 0 Å². The number of phenols is 1. The van der Waals surface area contributed by atoms with Gasteiger partial charge in [0.1, 0.15) is 0 Å². The van der Waals surface area contributed by atoms with Crippen LogP contribution in [0.2, 0.25) is 0 Å². The minimum Gasteiger partial charge on any atom is -0.503 e. The third kappa shape index (κ3) is 1.80. The fourth-order valence-corrected chi connectivity index (χ4v) is 0.886. The van der Waals surface area contributed by atoms with Crippen molar-refractivity contribution in [2.75, 3.05) is 0 Å². The maximum absolute atomic E-state index is 12.7. The first-order chi connectivity index (χ1) is 6.43. The Kier molecular flexibility index (Phi) is 2.66. The van der Waals surface area contributed by atoms with Gasteiger partial charge in [-0.25, -0.2) is 13.6 Å². The van der Waals surface area contributed by atoms with E-state index in [-0.39, 0.29) is 0 Å². The number of aliphatic hydroxyl groups is 1. The number of carboxylic acids is 1. The predicted octanol–water partition coefficient (Wildman–Crippen LogP) is 0.788. The summed E-state index contributed by atoms with van der Waals surface area (Å²) in [5.74, 6) is -5.47. The Bertz CT molecular complexity index is 355. The van der Waals surface area contributed by atoms with Crippen molar-refractivity contribution in [3.8, 4) is 5.75 Å². The summed E-state index contributed by atoms with van der Waals surface area (Å²) in [4.78, 5) is 10.2. The van der Waals surface area contributed by atoms with Crippen LogP contribution in [0.1, 0.15) is 11.7 Å². The van der Waals surface area contributed by atoms with Crippen molar-refractivity contribution in [2.45, 2.75) is 6.10 Å². The fraction of sp³-hybridized carbons (Fsp3) is 0.125. The number of hydrogen-bond acceptors (Lipinski definition) is 3. The standard InChI is InChI=1S/C8H6F2O4/c9-4-1-3(6(11)8(13)14)2-5(10)7(4)12/h1-2,6,11-12H,(H,13,14). The molecule has 0 aromatic heterocycles. The second kappa shape index (κ2) is 3.59. The number of rotatable bonds is 2. The van der Waals surface area contributed by atoms with E-state index in [1.807, 2.05) is 0 Å². The highest BCUT2D eigenvalue weighted by molar-refractivity contribution is 5.74. The van der Waals surface area contributed by atoms with Gasteiger partial charge < -0.3 is 15.3 Å². The van der Waals surface area contributed by atoms with E-state index in [1.165, 1.54) is 0 Å². The molecule has 0 fully saturated rings. The van der Waals surface area contributed by atoms with Crippen LogP contribution in [0.3, 0.4) is 0 Å². The Morgan fingerprint density at radius 3 is 2.07 bits per heavy atom. The summed E-state index contributed by atoms with van der Waals surface area (Å²) in [5.41, 5.74) is -0.467. The molecule has 14 heavy (non-hydrogen) atoms. The third-order valence-electron chi connectivity index (χ3n) is 1.59. The van der Waals surface area contributed by atoms with E-state index < -0.39 is 35.0 Å². The summed E-state index contributed by atoms with van der Waals surface area (Å²) < 4.78 is 25.3. The van der Waals surface area contributed by atoms with Gasteiger partial charge in [0.2, 0.25) is 0 Å². The number of phenolic OH excluding ortho intramolecular Hbond substituents is 1. The Hall–Kier alpha value is -1.69. The van der Waals surface area contributed by atoms with Crippen molar-refractivity contribution in [3.05, 3.63) is 29.3 Å². The lowest BCUT2D eigenvalue weighted by molar-refractivity contribution is -0.146. The maximum atomic E-state index is 12.7. The van der Waals surface area contributed by atoms with Crippen molar-refractivity contribution in [2.24, 2.45) is 0 Å². The second-order valence-electron chi connectivity index (χ2n) is 2.57. The fourth-order valence-electron chi connectivity index (χ4n) is 0.886. The van der Waals surface area contributed by atoms with Gasteiger partial charge in [0.05, 0.1) is 0 Å². The number of carbonyl (C=O) groups is 1. The highest BCUT2D eigenvalue weighted by atomic mass is 19.1. The zero-order valence-corrected chi connectivity index (χ0v) is 6.74. The number of benzene rings is 1. The minimum atomic E-state index is -2.01. The van der Waals surface area contributed by atoms with E-state index in [9.17, 15) is 13.6 Å². The van der Waals surface area contributed by atoms with Crippen molar-refractivity contribution in [3.63, 3.8) is 0 Å². The van der Waals surface area contributed by atoms with Crippen LogP contribution in [-0.2, 0) is 4.79 Å². The Morgan fingerprint density at radius 2 is 1.71 bits per heavy atom. The molecule has 1 rings (SSSR count). The molecule has 0 saturated heterocycles. The molecule has 0 saturated carbocycles. The summed E-state index contributed by atoms with van der Waals surface area (Å²) >= 11 is 0. The zero-order valence-electron chi connectivity index (χ0n) is 6.74. The monoisotopic (exact) mass is 204 g/mol. The van der Waals surface area contributed by atoms with Gasteiger partial charge in [-0.1, -0.05) is 0 Å². The van der Waals surface area contributed by atoms with Gasteiger partial charge in [0.25, 0.3) is 0 Å². The van der Waals surface area contributed by atoms with Crippen LogP contribution >= 0.6 is 0 Å². The average Bonchev–Trinajstić information content (AvgIpc) is 2.12. The molecule has 6 heteroatoms. The first-order valence-corrected chi connectivity index (χ1v) is 3.52. The first-order valence-electron chi connectivity index (χ1n) is 3.52. The van der Waals surface area contributed by atoms with Crippen LogP contribution < -0.4 is 0 Å². The number of halogens is 2. The van der Waals surface area contributed by atoms with E-state index in [0.29, 0.717) is 12.1 Å². The van der Waals surface area contributed by atoms with Gasteiger partial charge in [-0.15, -0.1) is 0 Å². The van der Waals surface area contributed by atoms with Crippen LogP contribution in [0, 0.1) is 11.6 Å². The van der Waals surface area contributed by atoms with E-state index >= 15 is 0 Å². The summed E-state index contributed by atoms with van der Waals surface area (Å²) in [6, 6.07) is 1.11. The molecule has 0 bridgehead atoms. The first kappa shape index (κ1) is 10.4. The summed E-state index contributed by atoms with van der Waals surface area (Å²) in [7, 11) is 0. The van der Waals surface area contributed by atoms with E-state index in [0.717, 1.165) is 0 Å². The van der Waals surface area contributed by atoms with Crippen LogP contribution in [-0.4, -0.2) is 21.3 Å². The van der Waals surface area contributed by atoms with Crippen molar-refractivity contribution < 1.29 is 28.9 Å². The second-order valence-corrected chi connectivity index (χ2v) is 2.57. The largest absolute Gasteiger partial charge is 0.503 e. The van der Waals surface area contributed by atoms with Crippen molar-refractivity contribution in [1.29, 1.82) is 0 Å². The Labute approximate surface area is 77.0 Å². The molecule has 0 amide bonds. The molecule has 0 aliphatic heterocycles. The SMILES string of the molecule is O=C(O)C(O)c1cc(F)c(O)c(F)c1. The van der Waals surface area contributed by atoms with Gasteiger partial charge >= 0.3 is 5.97 Å². The molecule has 0 spiro atoms. The molecule has 4 nitrogen and oxygen atoms in total. The van der Waals surface area contributed by atoms with Crippen molar-refractivity contribution >= 4 is 5.97 Å². The molecule has 3 N–H and O–H groups in total. The van der Waals surface area contributed by atoms with E-state index in [2.05, 4.69) is 0 Å². The number of carboxylic acid groups (broad SMARTS) is 1. The van der Waals surface area contributed by atoms with Crippen LogP contribution in [0.4, 0.5) is 8.78 Å². The zero-order chi connectivity index (χ0) is 10.9. The van der Waals surface area contributed by atoms with Crippen LogP contribution in [0.5, 0.6) is 5.75 Å². The summed E-state index contributed by atoms with van der Waals surface area (Å²) in [6.45, 7) is 0. The lowest BCUT2D eigenvalue weighted by Crippen LogP contribution is -2.11. The molecular formula is C8H6F2O4. The smallest absolute Gasteiger partial charge is 0.337 e. The topological polar surface area (TPSA) is 77.8 Å². The Balaban J connectivity index is 3.19. The van der Waals surface area contributed by atoms with Crippen LogP contribution in [0.15, 0.2) is 12.1 Å². The third-order valence-corrected chi connectivity index (χ3v) is 1.59. The number of aromatic hydroxyl groups is 1. The normalized spacial score (nSPS) is 12.5. The lowest BCUT2D eigenvalue weighted by Gasteiger charge is -2.06. The molecule has 0 heterocycles. The highest BCUT2D eigenvalue weighted by Gasteiger charge is 2.19. The molecule has 1 aromatic carbocycles. The van der Waals surface area contributed by atoms with Crippen molar-refractivity contribution in [1.82, 2.24) is 0 Å². The van der Waals surface area contributed by atoms with Gasteiger partial charge in [-0.2, -0.15) is 0 Å². The Morgan fingerprint density at radius 1 is 1.29 bits per heavy atom. The summed E-state index contributed by atoms with van der Waals surface area (Å²) in [5, 5.41) is 25.9. The molecular weight excluding hydrogens is 198 g/mol.